The molecule has 0 aromatic heterocycles. The van der Waals surface area contributed by atoms with Crippen molar-refractivity contribution in [3.63, 3.8) is 0 Å². The molecule has 5 N–H and O–H groups in total. The summed E-state index contributed by atoms with van der Waals surface area (Å²) in [5.41, 5.74) is 5.31. The summed E-state index contributed by atoms with van der Waals surface area (Å²) >= 11 is 0. The molecule has 0 aliphatic rings. The van der Waals surface area contributed by atoms with Gasteiger partial charge in [-0.15, -0.1) is 0 Å². The fourth-order valence-electron chi connectivity index (χ4n) is 0.984. The van der Waals surface area contributed by atoms with Crippen LogP contribution < -0.4 is 16.4 Å². The Hall–Kier alpha value is -1.30. The van der Waals surface area contributed by atoms with Gasteiger partial charge in [0.25, 0.3) is 0 Å². The highest BCUT2D eigenvalue weighted by molar-refractivity contribution is 5.80. The van der Waals surface area contributed by atoms with Crippen LogP contribution in [0.15, 0.2) is 5.16 Å². The van der Waals surface area contributed by atoms with Crippen molar-refractivity contribution in [2.75, 3.05) is 13.6 Å². The lowest BCUT2D eigenvalue weighted by Crippen LogP contribution is -2.33. The normalized spacial score (nSPS) is 13.7. The molecule has 0 saturated carbocycles. The molecule has 0 fully saturated rings. The van der Waals surface area contributed by atoms with Gasteiger partial charge in [-0.3, -0.25) is 4.79 Å². The van der Waals surface area contributed by atoms with E-state index in [1.165, 1.54) is 0 Å². The molecule has 0 aliphatic carbocycles. The number of amidine groups is 1. The van der Waals surface area contributed by atoms with Crippen molar-refractivity contribution in [2.45, 2.75) is 25.8 Å². The molecule has 0 spiro atoms. The molecule has 6 heteroatoms. The number of hydrogen-bond donors (Lipinski definition) is 4. The molecule has 1 atom stereocenters. The summed E-state index contributed by atoms with van der Waals surface area (Å²) in [4.78, 5) is 10.8. The number of oxime groups is 1. The number of amides is 1. The van der Waals surface area contributed by atoms with Crippen molar-refractivity contribution in [3.05, 3.63) is 0 Å². The Morgan fingerprint density at radius 3 is 2.79 bits per heavy atom. The molecule has 82 valence electrons. The van der Waals surface area contributed by atoms with Crippen molar-refractivity contribution >= 4 is 11.7 Å². The van der Waals surface area contributed by atoms with Gasteiger partial charge in [0.05, 0.1) is 0 Å². The molecule has 0 aliphatic heterocycles. The zero-order valence-electron chi connectivity index (χ0n) is 8.58. The van der Waals surface area contributed by atoms with Crippen LogP contribution in [0, 0.1) is 0 Å². The first kappa shape index (κ1) is 12.7. The third kappa shape index (κ3) is 6.24. The lowest BCUT2D eigenvalue weighted by molar-refractivity contribution is -0.120. The van der Waals surface area contributed by atoms with Gasteiger partial charge in [0.15, 0.2) is 0 Å². The van der Waals surface area contributed by atoms with Gasteiger partial charge < -0.3 is 21.6 Å². The molecule has 1 unspecified atom stereocenters. The molecule has 0 aromatic carbocycles. The zero-order chi connectivity index (χ0) is 11.0. The second-order valence-corrected chi connectivity index (χ2v) is 3.07. The Morgan fingerprint density at radius 1 is 1.64 bits per heavy atom. The second kappa shape index (κ2) is 7.14. The van der Waals surface area contributed by atoms with E-state index in [4.69, 9.17) is 10.9 Å². The predicted molar refractivity (Wildman–Crippen MR) is 54.2 cm³/mol. The van der Waals surface area contributed by atoms with Crippen LogP contribution in [-0.2, 0) is 4.79 Å². The van der Waals surface area contributed by atoms with Crippen LogP contribution in [0.5, 0.6) is 0 Å². The fourth-order valence-corrected chi connectivity index (χ4v) is 0.984. The molecule has 0 radical (unpaired) electrons. The highest BCUT2D eigenvalue weighted by Crippen LogP contribution is 1.90. The molecular weight excluding hydrogens is 184 g/mol. The summed E-state index contributed by atoms with van der Waals surface area (Å²) in [6.45, 7) is 2.49. The first-order valence-corrected chi connectivity index (χ1v) is 4.50. The summed E-state index contributed by atoms with van der Waals surface area (Å²) < 4.78 is 0. The van der Waals surface area contributed by atoms with Crippen molar-refractivity contribution in [2.24, 2.45) is 10.9 Å². The van der Waals surface area contributed by atoms with Gasteiger partial charge in [-0.25, -0.2) is 0 Å². The third-order valence-electron chi connectivity index (χ3n) is 1.77. The highest BCUT2D eigenvalue weighted by atomic mass is 16.4. The van der Waals surface area contributed by atoms with E-state index in [9.17, 15) is 4.79 Å². The molecule has 1 amide bonds. The average Bonchev–Trinajstić information content (AvgIpc) is 2.17. The van der Waals surface area contributed by atoms with E-state index in [0.717, 1.165) is 0 Å². The van der Waals surface area contributed by atoms with Crippen LogP contribution in [0.3, 0.4) is 0 Å². The summed E-state index contributed by atoms with van der Waals surface area (Å²) in [5.74, 6) is 0.179. The monoisotopic (exact) mass is 202 g/mol. The van der Waals surface area contributed by atoms with E-state index in [2.05, 4.69) is 15.8 Å². The van der Waals surface area contributed by atoms with Crippen LogP contribution >= 0.6 is 0 Å². The summed E-state index contributed by atoms with van der Waals surface area (Å²) in [6.07, 6.45) is 0.890. The van der Waals surface area contributed by atoms with Crippen molar-refractivity contribution < 1.29 is 10.0 Å². The van der Waals surface area contributed by atoms with Crippen LogP contribution in [-0.4, -0.2) is 36.6 Å². The highest BCUT2D eigenvalue weighted by Gasteiger charge is 2.04. The maximum Gasteiger partial charge on any atom is 0.221 e. The van der Waals surface area contributed by atoms with Gasteiger partial charge in [0.2, 0.25) is 5.91 Å². The van der Waals surface area contributed by atoms with E-state index in [-0.39, 0.29) is 17.8 Å². The summed E-state index contributed by atoms with van der Waals surface area (Å²) in [7, 11) is 1.60. The van der Waals surface area contributed by atoms with Gasteiger partial charge in [-0.1, -0.05) is 5.16 Å². The van der Waals surface area contributed by atoms with E-state index in [1.807, 2.05) is 6.92 Å². The van der Waals surface area contributed by atoms with Crippen molar-refractivity contribution in [3.8, 4) is 0 Å². The van der Waals surface area contributed by atoms with Crippen LogP contribution in [0.4, 0.5) is 0 Å². The van der Waals surface area contributed by atoms with Crippen LogP contribution in [0.2, 0.25) is 0 Å². The third-order valence-corrected chi connectivity index (χ3v) is 1.77. The Morgan fingerprint density at radius 2 is 2.29 bits per heavy atom. The molecule has 0 aromatic rings. The lowest BCUT2D eigenvalue weighted by atomic mass is 10.2. The quantitative estimate of drug-likeness (QED) is 0.197. The number of nitrogens with zero attached hydrogens (tertiary/aromatic N) is 1. The number of nitrogens with two attached hydrogens (primary N) is 1. The first-order valence-electron chi connectivity index (χ1n) is 4.50. The molecule has 14 heavy (non-hydrogen) atoms. The summed E-state index contributed by atoms with van der Waals surface area (Å²) in [6, 6.07) is 0.0931. The molecule has 0 bridgehead atoms. The molecular formula is C8H18N4O2. The van der Waals surface area contributed by atoms with Gasteiger partial charge >= 0.3 is 0 Å². The van der Waals surface area contributed by atoms with Gasteiger partial charge in [0.1, 0.15) is 5.84 Å². The predicted octanol–water partition coefficient (Wildman–Crippen LogP) is -0.763. The maximum absolute atomic E-state index is 10.8. The number of hydrogen-bond acceptors (Lipinski definition) is 4. The number of nitrogens with one attached hydrogen (secondary N) is 2. The Kier molecular flexibility index (Phi) is 6.47. The minimum atomic E-state index is -0.00602. The lowest BCUT2D eigenvalue weighted by Gasteiger charge is -2.11. The second-order valence-electron chi connectivity index (χ2n) is 3.07. The van der Waals surface area contributed by atoms with Crippen LogP contribution in [0.1, 0.15) is 19.8 Å². The Labute approximate surface area is 83.5 Å². The molecule has 0 saturated heterocycles. The molecule has 0 rings (SSSR count). The fraction of sp³-hybridized carbons (Fsp3) is 0.750. The SMILES string of the molecule is CNC(=O)CCNC(C)CC(N)=NO. The minimum absolute atomic E-state index is 0.00602. The van der Waals surface area contributed by atoms with Gasteiger partial charge in [-0.05, 0) is 6.92 Å². The maximum atomic E-state index is 10.8. The summed E-state index contributed by atoms with van der Waals surface area (Å²) in [5, 5.41) is 16.8. The first-order chi connectivity index (χ1) is 6.60. The largest absolute Gasteiger partial charge is 0.409 e. The topological polar surface area (TPSA) is 99.7 Å². The standard InChI is InChI=1S/C8H18N4O2/c1-6(5-7(9)12-14)11-4-3-8(13)10-2/h6,11,14H,3-5H2,1-2H3,(H2,9,12)(H,10,13). The Bertz CT molecular complexity index is 206. The van der Waals surface area contributed by atoms with Crippen molar-refractivity contribution in [1.29, 1.82) is 0 Å². The van der Waals surface area contributed by atoms with E-state index in [0.29, 0.717) is 19.4 Å². The Balaban J connectivity index is 3.54. The van der Waals surface area contributed by atoms with E-state index < -0.39 is 0 Å². The smallest absolute Gasteiger partial charge is 0.221 e. The molecule has 6 nitrogen and oxygen atoms in total. The van der Waals surface area contributed by atoms with Gasteiger partial charge in [-0.2, -0.15) is 0 Å². The zero-order valence-corrected chi connectivity index (χ0v) is 8.58. The van der Waals surface area contributed by atoms with Crippen molar-refractivity contribution in [1.82, 2.24) is 10.6 Å². The van der Waals surface area contributed by atoms with Crippen LogP contribution in [0.25, 0.3) is 0 Å². The van der Waals surface area contributed by atoms with E-state index >= 15 is 0 Å². The number of carbonyl (C=O) groups is 1. The molecule has 0 heterocycles. The minimum Gasteiger partial charge on any atom is -0.409 e. The van der Waals surface area contributed by atoms with Gasteiger partial charge in [0, 0.05) is 32.5 Å². The number of rotatable bonds is 6. The number of carbonyl (C=O) groups excluding carboxylic acids is 1. The van der Waals surface area contributed by atoms with E-state index in [1.54, 1.807) is 7.05 Å². The average molecular weight is 202 g/mol.